The highest BCUT2D eigenvalue weighted by molar-refractivity contribution is 14.0. The molecule has 0 saturated heterocycles. The molecule has 0 saturated carbocycles. The summed E-state index contributed by atoms with van der Waals surface area (Å²) >= 11 is 0. The molecule has 0 fully saturated rings. The molecule has 0 radical (unpaired) electrons. The molecule has 0 spiro atoms. The quantitative estimate of drug-likeness (QED) is 0.316. The first-order valence-corrected chi connectivity index (χ1v) is 8.89. The average Bonchev–Trinajstić information content (AvgIpc) is 3.22. The van der Waals surface area contributed by atoms with Gasteiger partial charge >= 0.3 is 0 Å². The van der Waals surface area contributed by atoms with Crippen LogP contribution in [0.2, 0.25) is 0 Å². The van der Waals surface area contributed by atoms with Crippen molar-refractivity contribution in [1.29, 1.82) is 0 Å². The molecule has 1 heterocycles. The van der Waals surface area contributed by atoms with Gasteiger partial charge in [0.1, 0.15) is 5.82 Å². The normalized spacial score (nSPS) is 12.2. The summed E-state index contributed by atoms with van der Waals surface area (Å²) in [5.74, 6) is 0.455. The monoisotopic (exact) mass is 493 g/mol. The Kier molecular flexibility index (Phi) is 7.98. The second kappa shape index (κ2) is 10.2. The van der Waals surface area contributed by atoms with Gasteiger partial charge in [0.2, 0.25) is 0 Å². The predicted molar refractivity (Wildman–Crippen MR) is 122 cm³/mol. The van der Waals surface area contributed by atoms with Crippen molar-refractivity contribution >= 4 is 29.9 Å². The molecule has 2 aromatic carbocycles. The molecule has 0 aliphatic carbocycles. The number of aryl methyl sites for hydroxylation is 1. The van der Waals surface area contributed by atoms with E-state index in [-0.39, 0.29) is 35.8 Å². The average molecular weight is 493 g/mol. The van der Waals surface area contributed by atoms with Crippen LogP contribution in [0.25, 0.3) is 5.69 Å². The standard InChI is InChI=1S/C21H24FN5.HI/c1-15-9-10-17(13-19(15)22)16(2)26-21(23-3)24-14-18-7-4-5-8-20(18)27-12-6-11-25-27;/h4-13,16H,14H2,1-3H3,(H2,23,24,26);1H. The fourth-order valence-electron chi connectivity index (χ4n) is 2.84. The number of halogens is 2. The molecule has 2 N–H and O–H groups in total. The van der Waals surface area contributed by atoms with Gasteiger partial charge in [0.05, 0.1) is 11.7 Å². The Balaban J connectivity index is 0.00000280. The first kappa shape index (κ1) is 21.9. The molecule has 3 aromatic rings. The van der Waals surface area contributed by atoms with Crippen molar-refractivity contribution in [2.24, 2.45) is 4.99 Å². The molecule has 0 aliphatic heterocycles. The molecule has 1 aromatic heterocycles. The lowest BCUT2D eigenvalue weighted by molar-refractivity contribution is 0.607. The van der Waals surface area contributed by atoms with E-state index in [1.54, 1.807) is 32.3 Å². The number of benzene rings is 2. The third kappa shape index (κ3) is 5.31. The molecule has 148 valence electrons. The van der Waals surface area contributed by atoms with Gasteiger partial charge in [-0.2, -0.15) is 5.10 Å². The van der Waals surface area contributed by atoms with Crippen molar-refractivity contribution in [1.82, 2.24) is 20.4 Å². The van der Waals surface area contributed by atoms with Crippen LogP contribution in [0, 0.1) is 12.7 Å². The zero-order valence-corrected chi connectivity index (χ0v) is 18.5. The first-order chi connectivity index (χ1) is 13.1. The van der Waals surface area contributed by atoms with E-state index >= 15 is 0 Å². The number of nitrogens with one attached hydrogen (secondary N) is 2. The topological polar surface area (TPSA) is 54.2 Å². The Hall–Kier alpha value is -2.42. The van der Waals surface area contributed by atoms with Gasteiger partial charge in [-0.25, -0.2) is 9.07 Å². The fourth-order valence-corrected chi connectivity index (χ4v) is 2.84. The van der Waals surface area contributed by atoms with Gasteiger partial charge in [-0.1, -0.05) is 30.3 Å². The van der Waals surface area contributed by atoms with E-state index in [1.165, 1.54) is 0 Å². The molecule has 0 aliphatic rings. The van der Waals surface area contributed by atoms with Gasteiger partial charge in [0.15, 0.2) is 5.96 Å². The third-order valence-corrected chi connectivity index (χ3v) is 4.46. The van der Waals surface area contributed by atoms with Crippen LogP contribution >= 0.6 is 24.0 Å². The van der Waals surface area contributed by atoms with E-state index in [2.05, 4.69) is 26.8 Å². The molecule has 3 rings (SSSR count). The molecular formula is C21H25FIN5. The number of hydrogen-bond donors (Lipinski definition) is 2. The lowest BCUT2D eigenvalue weighted by atomic mass is 10.1. The van der Waals surface area contributed by atoms with Crippen LogP contribution < -0.4 is 10.6 Å². The first-order valence-electron chi connectivity index (χ1n) is 8.89. The summed E-state index contributed by atoms with van der Waals surface area (Å²) in [7, 11) is 1.72. The van der Waals surface area contributed by atoms with Crippen molar-refractivity contribution in [3.63, 3.8) is 0 Å². The lowest BCUT2D eigenvalue weighted by Gasteiger charge is -2.19. The molecule has 1 atom stereocenters. The maximum absolute atomic E-state index is 13.8. The highest BCUT2D eigenvalue weighted by Crippen LogP contribution is 2.16. The van der Waals surface area contributed by atoms with E-state index in [0.29, 0.717) is 18.1 Å². The van der Waals surface area contributed by atoms with Crippen LogP contribution in [-0.2, 0) is 6.54 Å². The number of guanidine groups is 1. The minimum atomic E-state index is -0.197. The highest BCUT2D eigenvalue weighted by Gasteiger charge is 2.11. The zero-order valence-electron chi connectivity index (χ0n) is 16.2. The van der Waals surface area contributed by atoms with Crippen LogP contribution in [0.15, 0.2) is 65.9 Å². The van der Waals surface area contributed by atoms with E-state index in [1.807, 2.05) is 48.1 Å². The summed E-state index contributed by atoms with van der Waals surface area (Å²) in [4.78, 5) is 4.28. The second-order valence-corrected chi connectivity index (χ2v) is 6.38. The third-order valence-electron chi connectivity index (χ3n) is 4.46. The lowest BCUT2D eigenvalue weighted by Crippen LogP contribution is -2.38. The zero-order chi connectivity index (χ0) is 19.2. The van der Waals surface area contributed by atoms with Crippen molar-refractivity contribution in [2.75, 3.05) is 7.05 Å². The number of nitrogens with zero attached hydrogens (tertiary/aromatic N) is 3. The van der Waals surface area contributed by atoms with Crippen LogP contribution in [-0.4, -0.2) is 22.8 Å². The maximum Gasteiger partial charge on any atom is 0.191 e. The molecule has 0 bridgehead atoms. The van der Waals surface area contributed by atoms with Crippen molar-refractivity contribution in [3.05, 3.63) is 83.4 Å². The maximum atomic E-state index is 13.8. The molecule has 1 unspecified atom stereocenters. The van der Waals surface area contributed by atoms with Gasteiger partial charge in [0.25, 0.3) is 0 Å². The van der Waals surface area contributed by atoms with E-state index in [9.17, 15) is 4.39 Å². The Labute approximate surface area is 182 Å². The summed E-state index contributed by atoms with van der Waals surface area (Å²) < 4.78 is 15.7. The summed E-state index contributed by atoms with van der Waals surface area (Å²) in [5, 5.41) is 10.9. The smallest absolute Gasteiger partial charge is 0.191 e. The van der Waals surface area contributed by atoms with Crippen LogP contribution in [0.5, 0.6) is 0 Å². The molecule has 5 nitrogen and oxygen atoms in total. The van der Waals surface area contributed by atoms with Crippen molar-refractivity contribution in [2.45, 2.75) is 26.4 Å². The summed E-state index contributed by atoms with van der Waals surface area (Å²) in [6.45, 7) is 4.33. The number of hydrogen-bond acceptors (Lipinski definition) is 2. The SMILES string of the molecule is CN=C(NCc1ccccc1-n1cccn1)NC(C)c1ccc(C)c(F)c1.I. The second-order valence-electron chi connectivity index (χ2n) is 6.38. The highest BCUT2D eigenvalue weighted by atomic mass is 127. The van der Waals surface area contributed by atoms with Gasteiger partial charge in [0, 0.05) is 26.0 Å². The molecular weight excluding hydrogens is 468 g/mol. The molecule has 7 heteroatoms. The predicted octanol–water partition coefficient (Wildman–Crippen LogP) is 4.36. The van der Waals surface area contributed by atoms with E-state index in [0.717, 1.165) is 16.8 Å². The molecule has 28 heavy (non-hydrogen) atoms. The Morgan fingerprint density at radius 2 is 2.00 bits per heavy atom. The van der Waals surface area contributed by atoms with Crippen LogP contribution in [0.1, 0.15) is 29.7 Å². The van der Waals surface area contributed by atoms with Gasteiger partial charge in [-0.15, -0.1) is 24.0 Å². The Morgan fingerprint density at radius 1 is 1.21 bits per heavy atom. The van der Waals surface area contributed by atoms with Crippen molar-refractivity contribution < 1.29 is 4.39 Å². The van der Waals surface area contributed by atoms with E-state index in [4.69, 9.17) is 0 Å². The largest absolute Gasteiger partial charge is 0.352 e. The summed E-state index contributed by atoms with van der Waals surface area (Å²) in [6.07, 6.45) is 3.67. The van der Waals surface area contributed by atoms with Gasteiger partial charge in [-0.05, 0) is 48.7 Å². The van der Waals surface area contributed by atoms with Crippen LogP contribution in [0.4, 0.5) is 4.39 Å². The summed E-state index contributed by atoms with van der Waals surface area (Å²) in [6, 6.07) is 15.2. The Bertz CT molecular complexity index is 924. The number of aliphatic imine (C=N–C) groups is 1. The van der Waals surface area contributed by atoms with Crippen molar-refractivity contribution in [3.8, 4) is 5.69 Å². The minimum absolute atomic E-state index is 0. The Morgan fingerprint density at radius 3 is 2.68 bits per heavy atom. The van der Waals surface area contributed by atoms with E-state index < -0.39 is 0 Å². The fraction of sp³-hybridized carbons (Fsp3) is 0.238. The minimum Gasteiger partial charge on any atom is -0.352 e. The number of para-hydroxylation sites is 1. The van der Waals surface area contributed by atoms with Gasteiger partial charge in [-0.3, -0.25) is 4.99 Å². The molecule has 0 amide bonds. The summed E-state index contributed by atoms with van der Waals surface area (Å²) in [5.41, 5.74) is 3.62. The number of rotatable bonds is 5. The van der Waals surface area contributed by atoms with Crippen LogP contribution in [0.3, 0.4) is 0 Å². The van der Waals surface area contributed by atoms with Gasteiger partial charge < -0.3 is 10.6 Å². The number of aromatic nitrogens is 2.